The van der Waals surface area contributed by atoms with Crippen LogP contribution in [-0.2, 0) is 17.9 Å². The highest BCUT2D eigenvalue weighted by molar-refractivity contribution is 5.85. The van der Waals surface area contributed by atoms with Crippen molar-refractivity contribution in [1.29, 1.82) is 0 Å². The number of rotatable bonds is 5. The van der Waals surface area contributed by atoms with Crippen LogP contribution < -0.4 is 10.6 Å². The first-order chi connectivity index (χ1) is 12.8. The highest BCUT2D eigenvalue weighted by atomic mass is 35.5. The molecule has 1 saturated heterocycles. The van der Waals surface area contributed by atoms with Crippen LogP contribution in [-0.4, -0.2) is 28.5 Å². The summed E-state index contributed by atoms with van der Waals surface area (Å²) in [7, 11) is 0. The van der Waals surface area contributed by atoms with Gasteiger partial charge in [0.25, 0.3) is 0 Å². The first-order valence-corrected chi connectivity index (χ1v) is 9.26. The van der Waals surface area contributed by atoms with E-state index in [2.05, 4.69) is 50.5 Å². The fourth-order valence-corrected chi connectivity index (χ4v) is 3.58. The van der Waals surface area contributed by atoms with Gasteiger partial charge in [-0.25, -0.2) is 4.98 Å². The quantitative estimate of drug-likeness (QED) is 0.663. The normalized spacial score (nSPS) is 16.1. The number of nitrogens with zero attached hydrogens (tertiary/aromatic N) is 2. The minimum absolute atomic E-state index is 0. The zero-order chi connectivity index (χ0) is 17.8. The Hall–Kier alpha value is -2.08. The molecule has 3 aromatic rings. The predicted octanol–water partition coefficient (Wildman–Crippen LogP) is 3.54. The molecule has 1 aliphatic rings. The lowest BCUT2D eigenvalue weighted by molar-refractivity contribution is -0.125. The Morgan fingerprint density at radius 3 is 2.79 bits per heavy atom. The molecule has 2 N–H and O–H groups in total. The van der Waals surface area contributed by atoms with E-state index >= 15 is 0 Å². The number of benzene rings is 2. The molecule has 0 saturated carbocycles. The number of hydrogen-bond donors (Lipinski definition) is 2. The van der Waals surface area contributed by atoms with Crippen molar-refractivity contribution in [3.8, 4) is 0 Å². The zero-order valence-corrected chi connectivity index (χ0v) is 17.3. The molecule has 1 amide bonds. The van der Waals surface area contributed by atoms with Gasteiger partial charge >= 0.3 is 0 Å². The van der Waals surface area contributed by atoms with Crippen LogP contribution >= 0.6 is 24.8 Å². The Balaban J connectivity index is 0.00000140. The van der Waals surface area contributed by atoms with Gasteiger partial charge in [0.1, 0.15) is 0 Å². The van der Waals surface area contributed by atoms with Crippen LogP contribution in [0.2, 0.25) is 0 Å². The second kappa shape index (κ2) is 10.5. The van der Waals surface area contributed by atoms with Gasteiger partial charge in [0, 0.05) is 19.6 Å². The van der Waals surface area contributed by atoms with E-state index in [1.807, 2.05) is 24.5 Å². The Morgan fingerprint density at radius 1 is 1.14 bits per heavy atom. The fourth-order valence-electron chi connectivity index (χ4n) is 3.58. The third-order valence-electron chi connectivity index (χ3n) is 5.01. The van der Waals surface area contributed by atoms with Crippen molar-refractivity contribution in [2.45, 2.75) is 25.9 Å². The number of nitrogens with one attached hydrogen (secondary N) is 2. The molecule has 1 fully saturated rings. The Morgan fingerprint density at radius 2 is 1.96 bits per heavy atom. The van der Waals surface area contributed by atoms with Gasteiger partial charge in [-0.05, 0) is 42.6 Å². The highest BCUT2D eigenvalue weighted by Crippen LogP contribution is 2.15. The number of para-hydroxylation sites is 2. The van der Waals surface area contributed by atoms with Gasteiger partial charge in [-0.15, -0.1) is 24.8 Å². The molecule has 0 bridgehead atoms. The summed E-state index contributed by atoms with van der Waals surface area (Å²) in [6.45, 7) is 3.16. The molecule has 2 heterocycles. The van der Waals surface area contributed by atoms with E-state index in [-0.39, 0.29) is 36.6 Å². The minimum atomic E-state index is 0. The van der Waals surface area contributed by atoms with Crippen molar-refractivity contribution in [2.75, 3.05) is 13.1 Å². The zero-order valence-electron chi connectivity index (χ0n) is 15.6. The van der Waals surface area contributed by atoms with Gasteiger partial charge in [-0.1, -0.05) is 36.4 Å². The summed E-state index contributed by atoms with van der Waals surface area (Å²) in [4.78, 5) is 16.7. The van der Waals surface area contributed by atoms with Crippen LogP contribution in [0.15, 0.2) is 54.9 Å². The van der Waals surface area contributed by atoms with Crippen molar-refractivity contribution < 1.29 is 4.79 Å². The van der Waals surface area contributed by atoms with Gasteiger partial charge < -0.3 is 15.2 Å². The van der Waals surface area contributed by atoms with E-state index in [0.717, 1.165) is 49.1 Å². The van der Waals surface area contributed by atoms with Crippen LogP contribution in [0.3, 0.4) is 0 Å². The molecule has 1 unspecified atom stereocenters. The number of aromatic nitrogens is 2. The summed E-state index contributed by atoms with van der Waals surface area (Å²) in [6, 6.07) is 16.5. The lowest BCUT2D eigenvalue weighted by Gasteiger charge is -2.22. The van der Waals surface area contributed by atoms with Crippen LogP contribution in [0.4, 0.5) is 0 Å². The number of fused-ring (bicyclic) bond motifs is 1. The summed E-state index contributed by atoms with van der Waals surface area (Å²) in [5, 5.41) is 6.38. The van der Waals surface area contributed by atoms with Gasteiger partial charge in [-0.2, -0.15) is 0 Å². The maximum atomic E-state index is 12.3. The largest absolute Gasteiger partial charge is 0.352 e. The molecular formula is C21H26Cl2N4O. The summed E-state index contributed by atoms with van der Waals surface area (Å²) in [6.07, 6.45) is 3.94. The first-order valence-electron chi connectivity index (χ1n) is 9.26. The fraction of sp³-hybridized carbons (Fsp3) is 0.333. The van der Waals surface area contributed by atoms with E-state index < -0.39 is 0 Å². The molecule has 7 heteroatoms. The molecule has 2 aromatic carbocycles. The molecule has 0 aliphatic carbocycles. The molecule has 0 spiro atoms. The summed E-state index contributed by atoms with van der Waals surface area (Å²) >= 11 is 0. The third-order valence-corrected chi connectivity index (χ3v) is 5.01. The molecule has 1 atom stereocenters. The van der Waals surface area contributed by atoms with Crippen molar-refractivity contribution in [3.63, 3.8) is 0 Å². The number of imidazole rings is 1. The molecule has 28 heavy (non-hydrogen) atoms. The van der Waals surface area contributed by atoms with E-state index in [1.165, 1.54) is 5.56 Å². The maximum absolute atomic E-state index is 12.3. The Kier molecular flexibility index (Phi) is 8.30. The standard InChI is InChI=1S/C21H24N4O.2ClH/c26-21(18-7-4-10-22-13-18)23-12-16-5-3-6-17(11-16)14-25-15-24-19-8-1-2-9-20(19)25;;/h1-3,5-6,8-9,11,15,18,22H,4,7,10,12-14H2,(H,23,26);2*1H. The first kappa shape index (κ1) is 22.2. The third kappa shape index (κ3) is 5.25. The molecule has 5 nitrogen and oxygen atoms in total. The van der Waals surface area contributed by atoms with Crippen LogP contribution in [0.25, 0.3) is 11.0 Å². The molecule has 1 aromatic heterocycles. The smallest absolute Gasteiger partial charge is 0.224 e. The summed E-state index contributed by atoms with van der Waals surface area (Å²) < 4.78 is 2.15. The lowest BCUT2D eigenvalue weighted by atomic mass is 9.99. The molecule has 4 rings (SSSR count). The number of piperidine rings is 1. The summed E-state index contributed by atoms with van der Waals surface area (Å²) in [5.74, 6) is 0.257. The van der Waals surface area contributed by atoms with Crippen molar-refractivity contribution in [3.05, 3.63) is 66.0 Å². The molecular weight excluding hydrogens is 395 g/mol. The number of halogens is 2. The van der Waals surface area contributed by atoms with Crippen LogP contribution in [0.5, 0.6) is 0 Å². The topological polar surface area (TPSA) is 59.0 Å². The second-order valence-corrected chi connectivity index (χ2v) is 6.94. The number of carbonyl (C=O) groups excluding carboxylic acids is 1. The van der Waals surface area contributed by atoms with E-state index in [1.54, 1.807) is 0 Å². The minimum Gasteiger partial charge on any atom is -0.352 e. The predicted molar refractivity (Wildman–Crippen MR) is 117 cm³/mol. The molecule has 1 aliphatic heterocycles. The van der Waals surface area contributed by atoms with E-state index in [0.29, 0.717) is 6.54 Å². The van der Waals surface area contributed by atoms with Crippen LogP contribution in [0.1, 0.15) is 24.0 Å². The lowest BCUT2D eigenvalue weighted by Crippen LogP contribution is -2.40. The van der Waals surface area contributed by atoms with Gasteiger partial charge in [0.2, 0.25) is 5.91 Å². The van der Waals surface area contributed by atoms with Gasteiger partial charge in [-0.3, -0.25) is 4.79 Å². The van der Waals surface area contributed by atoms with Gasteiger partial charge in [0.05, 0.1) is 23.3 Å². The number of amides is 1. The van der Waals surface area contributed by atoms with Crippen molar-refractivity contribution in [2.24, 2.45) is 5.92 Å². The monoisotopic (exact) mass is 420 g/mol. The number of carbonyl (C=O) groups is 1. The maximum Gasteiger partial charge on any atom is 0.224 e. The van der Waals surface area contributed by atoms with Crippen molar-refractivity contribution in [1.82, 2.24) is 20.2 Å². The van der Waals surface area contributed by atoms with Crippen LogP contribution in [0, 0.1) is 5.92 Å². The van der Waals surface area contributed by atoms with E-state index in [4.69, 9.17) is 0 Å². The highest BCUT2D eigenvalue weighted by Gasteiger charge is 2.20. The second-order valence-electron chi connectivity index (χ2n) is 6.94. The van der Waals surface area contributed by atoms with Gasteiger partial charge in [0.15, 0.2) is 0 Å². The Labute approximate surface area is 177 Å². The SMILES string of the molecule is Cl.Cl.O=C(NCc1cccc(Cn2cnc3ccccc32)c1)C1CCCNC1. The average Bonchev–Trinajstić information content (AvgIpc) is 3.10. The molecule has 0 radical (unpaired) electrons. The van der Waals surface area contributed by atoms with E-state index in [9.17, 15) is 4.79 Å². The average molecular weight is 421 g/mol. The summed E-state index contributed by atoms with van der Waals surface area (Å²) in [5.41, 5.74) is 4.48. The number of hydrogen-bond acceptors (Lipinski definition) is 3. The molecule has 150 valence electrons. The Bertz CT molecular complexity index is 906. The van der Waals surface area contributed by atoms with Crippen molar-refractivity contribution >= 4 is 41.8 Å².